The Morgan fingerprint density at radius 3 is 2.26 bits per heavy atom. The lowest BCUT2D eigenvalue weighted by Crippen LogP contribution is -2.41. The summed E-state index contributed by atoms with van der Waals surface area (Å²) in [7, 11) is -3.15. The summed E-state index contributed by atoms with van der Waals surface area (Å²) in [6.07, 6.45) is 8.07. The minimum Gasteiger partial charge on any atom is -0.212 e. The van der Waals surface area contributed by atoms with E-state index >= 15 is 0 Å². The summed E-state index contributed by atoms with van der Waals surface area (Å²) in [6.45, 7) is 1.31. The minimum absolute atomic E-state index is 0.153. The smallest absolute Gasteiger partial charge is 0.212 e. The van der Waals surface area contributed by atoms with Gasteiger partial charge >= 0.3 is 0 Å². The van der Waals surface area contributed by atoms with E-state index in [1.54, 1.807) is 4.31 Å². The number of nitrogens with zero attached hydrogens (tertiary/aromatic N) is 1. The predicted molar refractivity (Wildman–Crippen MR) is 95.4 cm³/mol. The zero-order valence-electron chi connectivity index (χ0n) is 13.6. The molecule has 1 aromatic carbocycles. The first-order valence-electron chi connectivity index (χ1n) is 8.82. The maximum atomic E-state index is 13.0. The van der Waals surface area contributed by atoms with E-state index in [1.165, 1.54) is 12.0 Å². The van der Waals surface area contributed by atoms with Gasteiger partial charge < -0.3 is 0 Å². The number of hydrogen-bond donors (Lipinski definition) is 0. The van der Waals surface area contributed by atoms with Gasteiger partial charge in [0.1, 0.15) is 0 Å². The lowest BCUT2D eigenvalue weighted by molar-refractivity contribution is 0.383. The summed E-state index contributed by atoms with van der Waals surface area (Å²) in [6, 6.07) is 7.90. The van der Waals surface area contributed by atoms with Gasteiger partial charge in [-0.3, -0.25) is 0 Å². The molecule has 3 nitrogen and oxygen atoms in total. The fourth-order valence-electron chi connectivity index (χ4n) is 3.92. The van der Waals surface area contributed by atoms with Gasteiger partial charge in [0.25, 0.3) is 0 Å². The summed E-state index contributed by atoms with van der Waals surface area (Å²) >= 11 is 5.98. The lowest BCUT2D eigenvalue weighted by Gasteiger charge is -2.30. The molecule has 0 amide bonds. The number of hydrogen-bond acceptors (Lipinski definition) is 2. The Morgan fingerprint density at radius 2 is 1.57 bits per heavy atom. The molecule has 0 radical (unpaired) electrons. The first kappa shape index (κ1) is 17.2. The van der Waals surface area contributed by atoms with Gasteiger partial charge in [0, 0.05) is 18.1 Å². The summed E-state index contributed by atoms with van der Waals surface area (Å²) in [4.78, 5) is 0. The van der Waals surface area contributed by atoms with Gasteiger partial charge in [-0.15, -0.1) is 0 Å². The van der Waals surface area contributed by atoms with Crippen LogP contribution in [0.15, 0.2) is 24.3 Å². The SMILES string of the molecule is O=S(=O)(C1CCCCC1)N1CCCCC(c2ccc(Cl)cc2)C1. The van der Waals surface area contributed by atoms with Crippen molar-refractivity contribution >= 4 is 21.6 Å². The molecule has 1 saturated heterocycles. The highest BCUT2D eigenvalue weighted by molar-refractivity contribution is 7.89. The van der Waals surface area contributed by atoms with Crippen LogP contribution in [-0.4, -0.2) is 31.1 Å². The number of rotatable bonds is 3. The largest absolute Gasteiger partial charge is 0.216 e. The van der Waals surface area contributed by atoms with Gasteiger partial charge in [-0.05, 0) is 49.3 Å². The second-order valence-electron chi connectivity index (χ2n) is 6.91. The van der Waals surface area contributed by atoms with Crippen LogP contribution < -0.4 is 0 Å². The molecule has 1 atom stereocenters. The Balaban J connectivity index is 1.77. The molecule has 1 aromatic rings. The van der Waals surface area contributed by atoms with Gasteiger partial charge in [-0.2, -0.15) is 0 Å². The molecule has 1 heterocycles. The highest BCUT2D eigenvalue weighted by Crippen LogP contribution is 2.32. The Labute approximate surface area is 145 Å². The summed E-state index contributed by atoms with van der Waals surface area (Å²) in [5.74, 6) is 0.285. The molecule has 3 rings (SSSR count). The topological polar surface area (TPSA) is 37.4 Å². The van der Waals surface area contributed by atoms with Crippen molar-refractivity contribution in [3.8, 4) is 0 Å². The molecule has 23 heavy (non-hydrogen) atoms. The normalized spacial score (nSPS) is 25.2. The first-order chi connectivity index (χ1) is 11.1. The lowest BCUT2D eigenvalue weighted by atomic mass is 9.95. The van der Waals surface area contributed by atoms with Crippen LogP contribution in [0.25, 0.3) is 0 Å². The van der Waals surface area contributed by atoms with Gasteiger partial charge in [0.05, 0.1) is 5.25 Å². The highest BCUT2D eigenvalue weighted by Gasteiger charge is 2.35. The molecule has 1 saturated carbocycles. The molecule has 0 aromatic heterocycles. The van der Waals surface area contributed by atoms with Crippen molar-refractivity contribution in [3.05, 3.63) is 34.9 Å². The van der Waals surface area contributed by atoms with Crippen LogP contribution in [0.2, 0.25) is 5.02 Å². The third-order valence-corrected chi connectivity index (χ3v) is 7.93. The van der Waals surface area contributed by atoms with E-state index in [4.69, 9.17) is 11.6 Å². The van der Waals surface area contributed by atoms with Gasteiger partial charge in [0.15, 0.2) is 0 Å². The molecule has 2 fully saturated rings. The van der Waals surface area contributed by atoms with Crippen molar-refractivity contribution in [2.75, 3.05) is 13.1 Å². The van der Waals surface area contributed by atoms with E-state index in [-0.39, 0.29) is 11.2 Å². The van der Waals surface area contributed by atoms with Crippen molar-refractivity contribution in [2.45, 2.75) is 62.5 Å². The first-order valence-corrected chi connectivity index (χ1v) is 10.7. The fourth-order valence-corrected chi connectivity index (χ4v) is 6.17. The van der Waals surface area contributed by atoms with Crippen molar-refractivity contribution in [1.29, 1.82) is 0 Å². The fraction of sp³-hybridized carbons (Fsp3) is 0.667. The summed E-state index contributed by atoms with van der Waals surface area (Å²) < 4.78 is 27.8. The molecule has 5 heteroatoms. The quantitative estimate of drug-likeness (QED) is 0.796. The highest BCUT2D eigenvalue weighted by atomic mass is 35.5. The maximum absolute atomic E-state index is 13.0. The molecule has 0 bridgehead atoms. The zero-order valence-corrected chi connectivity index (χ0v) is 15.2. The summed E-state index contributed by atoms with van der Waals surface area (Å²) in [5, 5.41) is 0.578. The Bertz CT molecular complexity index is 608. The number of benzene rings is 1. The van der Waals surface area contributed by atoms with E-state index < -0.39 is 10.0 Å². The average molecular weight is 356 g/mol. The molecule has 1 unspecified atom stereocenters. The molecule has 2 aliphatic rings. The molecule has 1 aliphatic carbocycles. The Kier molecular flexibility index (Phi) is 5.65. The minimum atomic E-state index is -3.15. The molecular weight excluding hydrogens is 330 g/mol. The van der Waals surface area contributed by atoms with Crippen molar-refractivity contribution in [1.82, 2.24) is 4.31 Å². The Hall–Kier alpha value is -0.580. The third-order valence-electron chi connectivity index (χ3n) is 5.31. The van der Waals surface area contributed by atoms with Crippen LogP contribution in [0.4, 0.5) is 0 Å². The standard InChI is InChI=1S/C18H26ClNO2S/c19-17-11-9-15(10-12-17)16-6-4-5-13-20(14-16)23(21,22)18-7-2-1-3-8-18/h9-12,16,18H,1-8,13-14H2. The van der Waals surface area contributed by atoms with Gasteiger partial charge in [-0.1, -0.05) is 49.4 Å². The third kappa shape index (κ3) is 4.09. The van der Waals surface area contributed by atoms with Crippen LogP contribution in [0.3, 0.4) is 0 Å². The molecular formula is C18H26ClNO2S. The van der Waals surface area contributed by atoms with Crippen LogP contribution in [0.1, 0.15) is 62.8 Å². The van der Waals surface area contributed by atoms with E-state index in [0.29, 0.717) is 13.1 Å². The van der Waals surface area contributed by atoms with Crippen molar-refractivity contribution in [3.63, 3.8) is 0 Å². The van der Waals surface area contributed by atoms with E-state index in [1.807, 2.05) is 24.3 Å². The predicted octanol–water partition coefficient (Wildman–Crippen LogP) is 4.57. The average Bonchev–Trinajstić information content (AvgIpc) is 2.83. The second kappa shape index (κ2) is 7.54. The van der Waals surface area contributed by atoms with Gasteiger partial charge in [-0.25, -0.2) is 12.7 Å². The monoisotopic (exact) mass is 355 g/mol. The zero-order chi connectivity index (χ0) is 16.3. The van der Waals surface area contributed by atoms with Crippen LogP contribution in [0.5, 0.6) is 0 Å². The molecule has 1 aliphatic heterocycles. The van der Waals surface area contributed by atoms with E-state index in [0.717, 1.165) is 50.0 Å². The molecule has 0 N–H and O–H groups in total. The van der Waals surface area contributed by atoms with E-state index in [2.05, 4.69) is 0 Å². The van der Waals surface area contributed by atoms with E-state index in [9.17, 15) is 8.42 Å². The van der Waals surface area contributed by atoms with Crippen LogP contribution >= 0.6 is 11.6 Å². The van der Waals surface area contributed by atoms with Crippen molar-refractivity contribution < 1.29 is 8.42 Å². The molecule has 128 valence electrons. The van der Waals surface area contributed by atoms with Crippen LogP contribution in [-0.2, 0) is 10.0 Å². The Morgan fingerprint density at radius 1 is 0.913 bits per heavy atom. The maximum Gasteiger partial charge on any atom is 0.216 e. The van der Waals surface area contributed by atoms with Gasteiger partial charge in [0.2, 0.25) is 10.0 Å². The summed E-state index contributed by atoms with van der Waals surface area (Å²) in [5.41, 5.74) is 1.21. The number of sulfonamides is 1. The van der Waals surface area contributed by atoms with Crippen LogP contribution in [0, 0.1) is 0 Å². The number of halogens is 1. The van der Waals surface area contributed by atoms with Crippen molar-refractivity contribution in [2.24, 2.45) is 0 Å². The second-order valence-corrected chi connectivity index (χ2v) is 9.56. The molecule has 0 spiro atoms.